The molecular formula is C8H9ClN2O. The first-order valence-electron chi connectivity index (χ1n) is 3.44. The van der Waals surface area contributed by atoms with Gasteiger partial charge in [-0.05, 0) is 12.1 Å². The Bertz CT molecular complexity index is 312. The van der Waals surface area contributed by atoms with Crippen molar-refractivity contribution < 1.29 is 4.79 Å². The largest absolute Gasteiger partial charge is 0.397 e. The highest BCUT2D eigenvalue weighted by Gasteiger charge is 2.08. The Hall–Kier alpha value is -1.06. The Morgan fingerprint density at radius 1 is 1.50 bits per heavy atom. The highest BCUT2D eigenvalue weighted by atomic mass is 35.5. The van der Waals surface area contributed by atoms with Crippen LogP contribution < -0.4 is 11.5 Å². The van der Waals surface area contributed by atoms with E-state index in [2.05, 4.69) is 0 Å². The number of ketones is 1. The summed E-state index contributed by atoms with van der Waals surface area (Å²) in [4.78, 5) is 11.1. The summed E-state index contributed by atoms with van der Waals surface area (Å²) in [6.07, 6.45) is 0. The quantitative estimate of drug-likeness (QED) is 0.534. The molecule has 0 saturated heterocycles. The predicted molar refractivity (Wildman–Crippen MR) is 49.2 cm³/mol. The van der Waals surface area contributed by atoms with E-state index in [-0.39, 0.29) is 12.3 Å². The van der Waals surface area contributed by atoms with E-state index in [0.717, 1.165) is 0 Å². The molecule has 0 fully saturated rings. The molecule has 12 heavy (non-hydrogen) atoms. The van der Waals surface area contributed by atoms with Crippen LogP contribution in [-0.2, 0) is 0 Å². The normalized spacial score (nSPS) is 9.83. The van der Waals surface area contributed by atoms with Crippen molar-refractivity contribution in [2.75, 3.05) is 12.3 Å². The number of Topliss-reactive ketones (excluding diaryl/α,β-unsaturated/α-hetero) is 1. The first-order valence-corrected chi connectivity index (χ1v) is 3.82. The lowest BCUT2D eigenvalue weighted by molar-refractivity contribution is 0.100. The number of hydrogen-bond acceptors (Lipinski definition) is 3. The molecule has 0 aliphatic rings. The minimum atomic E-state index is -0.199. The second kappa shape index (κ2) is 3.56. The van der Waals surface area contributed by atoms with Gasteiger partial charge in [-0.1, -0.05) is 17.7 Å². The summed E-state index contributed by atoms with van der Waals surface area (Å²) in [6, 6.07) is 4.90. The summed E-state index contributed by atoms with van der Waals surface area (Å²) in [5.41, 5.74) is 11.4. The summed E-state index contributed by atoms with van der Waals surface area (Å²) >= 11 is 5.70. The summed E-state index contributed by atoms with van der Waals surface area (Å²) < 4.78 is 0. The number of carbonyl (C=O) groups excluding carboxylic acids is 1. The molecule has 0 spiro atoms. The van der Waals surface area contributed by atoms with Crippen LogP contribution in [-0.4, -0.2) is 12.3 Å². The minimum absolute atomic E-state index is 0.0510. The lowest BCUT2D eigenvalue weighted by Crippen LogP contribution is -2.15. The molecule has 1 rings (SSSR count). The predicted octanol–water partition coefficient (Wildman–Crippen LogP) is 1.06. The van der Waals surface area contributed by atoms with Gasteiger partial charge in [0.05, 0.1) is 17.3 Å². The molecule has 0 heterocycles. The van der Waals surface area contributed by atoms with E-state index in [1.807, 2.05) is 0 Å². The van der Waals surface area contributed by atoms with E-state index in [9.17, 15) is 4.79 Å². The zero-order valence-corrected chi connectivity index (χ0v) is 7.14. The second-order valence-electron chi connectivity index (χ2n) is 2.33. The van der Waals surface area contributed by atoms with Gasteiger partial charge in [0.1, 0.15) is 0 Å². The number of para-hydroxylation sites is 1. The SMILES string of the molecule is NCC(=O)c1cccc(Cl)c1N. The van der Waals surface area contributed by atoms with E-state index in [1.54, 1.807) is 18.2 Å². The number of carbonyl (C=O) groups is 1. The Labute approximate surface area is 75.3 Å². The number of benzene rings is 1. The maximum Gasteiger partial charge on any atom is 0.178 e. The molecule has 64 valence electrons. The van der Waals surface area contributed by atoms with Crippen LogP contribution in [0.1, 0.15) is 10.4 Å². The van der Waals surface area contributed by atoms with Gasteiger partial charge in [-0.15, -0.1) is 0 Å². The van der Waals surface area contributed by atoms with Crippen molar-refractivity contribution in [1.82, 2.24) is 0 Å². The van der Waals surface area contributed by atoms with Crippen molar-refractivity contribution in [3.05, 3.63) is 28.8 Å². The van der Waals surface area contributed by atoms with Crippen LogP contribution in [0.2, 0.25) is 5.02 Å². The monoisotopic (exact) mass is 184 g/mol. The molecule has 4 heteroatoms. The molecule has 4 N–H and O–H groups in total. The Kier molecular flexibility index (Phi) is 2.68. The lowest BCUT2D eigenvalue weighted by atomic mass is 10.1. The molecule has 0 atom stereocenters. The van der Waals surface area contributed by atoms with Crippen molar-refractivity contribution in [2.45, 2.75) is 0 Å². The number of anilines is 1. The number of rotatable bonds is 2. The van der Waals surface area contributed by atoms with Crippen LogP contribution >= 0.6 is 11.6 Å². The second-order valence-corrected chi connectivity index (χ2v) is 2.74. The Morgan fingerprint density at radius 3 is 2.75 bits per heavy atom. The highest BCUT2D eigenvalue weighted by Crippen LogP contribution is 2.22. The summed E-state index contributed by atoms with van der Waals surface area (Å²) in [5, 5.41) is 0.384. The fourth-order valence-electron chi connectivity index (χ4n) is 0.890. The van der Waals surface area contributed by atoms with Crippen LogP contribution in [0.5, 0.6) is 0 Å². The van der Waals surface area contributed by atoms with Crippen LogP contribution in [0, 0.1) is 0 Å². The maximum atomic E-state index is 11.1. The molecule has 0 aromatic heterocycles. The van der Waals surface area contributed by atoms with Crippen molar-refractivity contribution in [3.8, 4) is 0 Å². The fraction of sp³-hybridized carbons (Fsp3) is 0.125. The van der Waals surface area contributed by atoms with Crippen molar-refractivity contribution in [1.29, 1.82) is 0 Å². The van der Waals surface area contributed by atoms with E-state index >= 15 is 0 Å². The molecule has 0 radical (unpaired) electrons. The van der Waals surface area contributed by atoms with E-state index in [1.165, 1.54) is 0 Å². The zero-order valence-electron chi connectivity index (χ0n) is 6.38. The third-order valence-electron chi connectivity index (χ3n) is 1.54. The van der Waals surface area contributed by atoms with Gasteiger partial charge in [0, 0.05) is 5.56 Å². The highest BCUT2D eigenvalue weighted by molar-refractivity contribution is 6.34. The van der Waals surface area contributed by atoms with Gasteiger partial charge in [0.25, 0.3) is 0 Å². The first-order chi connectivity index (χ1) is 5.66. The smallest absolute Gasteiger partial charge is 0.178 e. The molecule has 1 aromatic rings. The molecular weight excluding hydrogens is 176 g/mol. The van der Waals surface area contributed by atoms with Gasteiger partial charge in [0.15, 0.2) is 5.78 Å². The Morgan fingerprint density at radius 2 is 2.17 bits per heavy atom. The average Bonchev–Trinajstić information content (AvgIpc) is 2.08. The van der Waals surface area contributed by atoms with Crippen molar-refractivity contribution in [3.63, 3.8) is 0 Å². The van der Waals surface area contributed by atoms with Gasteiger partial charge in [-0.25, -0.2) is 0 Å². The standard InChI is InChI=1S/C8H9ClN2O/c9-6-3-1-2-5(8(6)11)7(12)4-10/h1-3H,4,10-11H2. The van der Waals surface area contributed by atoms with E-state index in [0.29, 0.717) is 16.3 Å². The molecule has 0 aliphatic heterocycles. The number of nitrogen functional groups attached to an aromatic ring is 1. The Balaban J connectivity index is 3.16. The molecule has 0 aliphatic carbocycles. The lowest BCUT2D eigenvalue weighted by Gasteiger charge is -2.03. The van der Waals surface area contributed by atoms with Crippen molar-refractivity contribution >= 4 is 23.1 Å². The van der Waals surface area contributed by atoms with E-state index in [4.69, 9.17) is 23.1 Å². The minimum Gasteiger partial charge on any atom is -0.397 e. The fourth-order valence-corrected chi connectivity index (χ4v) is 1.06. The summed E-state index contributed by atoms with van der Waals surface area (Å²) in [5.74, 6) is -0.199. The van der Waals surface area contributed by atoms with Gasteiger partial charge >= 0.3 is 0 Å². The van der Waals surface area contributed by atoms with Crippen LogP contribution in [0.15, 0.2) is 18.2 Å². The molecule has 0 amide bonds. The van der Waals surface area contributed by atoms with Crippen LogP contribution in [0.4, 0.5) is 5.69 Å². The molecule has 1 aromatic carbocycles. The van der Waals surface area contributed by atoms with Crippen LogP contribution in [0.3, 0.4) is 0 Å². The van der Waals surface area contributed by atoms with Gasteiger partial charge in [0.2, 0.25) is 0 Å². The van der Waals surface area contributed by atoms with Crippen molar-refractivity contribution in [2.24, 2.45) is 5.73 Å². The van der Waals surface area contributed by atoms with Crippen LogP contribution in [0.25, 0.3) is 0 Å². The van der Waals surface area contributed by atoms with Gasteiger partial charge in [-0.3, -0.25) is 4.79 Å². The van der Waals surface area contributed by atoms with E-state index < -0.39 is 0 Å². The topological polar surface area (TPSA) is 69.1 Å². The third-order valence-corrected chi connectivity index (χ3v) is 1.87. The number of halogens is 1. The maximum absolute atomic E-state index is 11.1. The molecule has 0 saturated carbocycles. The third kappa shape index (κ3) is 1.57. The number of hydrogen-bond donors (Lipinski definition) is 2. The average molecular weight is 185 g/mol. The molecule has 0 bridgehead atoms. The summed E-state index contributed by atoms with van der Waals surface area (Å²) in [6.45, 7) is -0.0510. The summed E-state index contributed by atoms with van der Waals surface area (Å²) in [7, 11) is 0. The molecule has 0 unspecified atom stereocenters. The van der Waals surface area contributed by atoms with Gasteiger partial charge in [-0.2, -0.15) is 0 Å². The zero-order chi connectivity index (χ0) is 9.14. The first kappa shape index (κ1) is 9.03. The number of nitrogens with two attached hydrogens (primary N) is 2. The molecule has 3 nitrogen and oxygen atoms in total. The van der Waals surface area contributed by atoms with Gasteiger partial charge < -0.3 is 11.5 Å².